The number of rotatable bonds is 11. The molecule has 9 nitrogen and oxygen atoms in total. The number of hydrogen-bond acceptors (Lipinski definition) is 9. The van der Waals surface area contributed by atoms with Gasteiger partial charge in [0.15, 0.2) is 18.2 Å². The van der Waals surface area contributed by atoms with Crippen LogP contribution in [0.5, 0.6) is 0 Å². The van der Waals surface area contributed by atoms with Crippen molar-refractivity contribution in [2.75, 3.05) is 31.7 Å². The van der Waals surface area contributed by atoms with E-state index in [0.29, 0.717) is 24.2 Å². The SMILES string of the molecule is CN(N=N)C(=N)/C(=N\OC/C(N)=C/C=C\CNC(=O)CC1(C)SCCS1)c1ccccc1. The largest absolute Gasteiger partial charge is 0.399 e. The summed E-state index contributed by atoms with van der Waals surface area (Å²) in [6.07, 6.45) is 5.73. The van der Waals surface area contributed by atoms with Crippen molar-refractivity contribution >= 4 is 41.0 Å². The number of allylic oxidation sites excluding steroid dienone is 2. The van der Waals surface area contributed by atoms with E-state index in [9.17, 15) is 4.79 Å². The molecule has 0 unspecified atom stereocenters. The highest BCUT2D eigenvalue weighted by molar-refractivity contribution is 8.21. The average molecular weight is 476 g/mol. The Balaban J connectivity index is 1.83. The fourth-order valence-corrected chi connectivity index (χ4v) is 5.53. The van der Waals surface area contributed by atoms with Gasteiger partial charge in [-0.3, -0.25) is 10.2 Å². The van der Waals surface area contributed by atoms with Gasteiger partial charge in [0, 0.05) is 36.4 Å². The minimum Gasteiger partial charge on any atom is -0.399 e. The molecule has 0 spiro atoms. The van der Waals surface area contributed by atoms with Crippen LogP contribution in [-0.4, -0.2) is 58.2 Å². The van der Waals surface area contributed by atoms with Crippen molar-refractivity contribution in [2.24, 2.45) is 16.1 Å². The Morgan fingerprint density at radius 3 is 2.69 bits per heavy atom. The molecule has 1 aromatic rings. The van der Waals surface area contributed by atoms with Crippen LogP contribution in [0, 0.1) is 10.9 Å². The molecule has 0 aliphatic carbocycles. The summed E-state index contributed by atoms with van der Waals surface area (Å²) in [5.41, 5.74) is 14.4. The molecule has 5 N–H and O–H groups in total. The number of thioether (sulfide) groups is 2. The number of carbonyl (C=O) groups excluding carboxylic acids is 1. The Morgan fingerprint density at radius 1 is 1.34 bits per heavy atom. The molecule has 1 aliphatic rings. The Labute approximate surface area is 196 Å². The van der Waals surface area contributed by atoms with Gasteiger partial charge in [-0.1, -0.05) is 52.9 Å². The molecule has 0 bridgehead atoms. The number of carbonyl (C=O) groups is 1. The van der Waals surface area contributed by atoms with Crippen molar-refractivity contribution in [2.45, 2.75) is 17.4 Å². The lowest BCUT2D eigenvalue weighted by Crippen LogP contribution is -2.29. The van der Waals surface area contributed by atoms with Crippen LogP contribution in [0.1, 0.15) is 18.9 Å². The van der Waals surface area contributed by atoms with Crippen molar-refractivity contribution in [1.82, 2.24) is 10.3 Å². The number of benzene rings is 1. The predicted molar refractivity (Wildman–Crippen MR) is 132 cm³/mol. The molecule has 32 heavy (non-hydrogen) atoms. The predicted octanol–water partition coefficient (Wildman–Crippen LogP) is 3.36. The van der Waals surface area contributed by atoms with Crippen molar-refractivity contribution in [1.29, 1.82) is 10.9 Å². The Hall–Kier alpha value is -2.79. The molecule has 2 rings (SSSR count). The number of hydrogen-bond donors (Lipinski definition) is 4. The number of amidine groups is 1. The Bertz CT molecular complexity index is 881. The van der Waals surface area contributed by atoms with Crippen molar-refractivity contribution in [3.05, 3.63) is 59.8 Å². The number of oxime groups is 1. The number of amides is 1. The van der Waals surface area contributed by atoms with E-state index in [4.69, 9.17) is 21.5 Å². The summed E-state index contributed by atoms with van der Waals surface area (Å²) in [5, 5.41) is 19.4. The van der Waals surface area contributed by atoms with Crippen molar-refractivity contribution in [3.63, 3.8) is 0 Å². The van der Waals surface area contributed by atoms with E-state index in [0.717, 1.165) is 16.5 Å². The van der Waals surface area contributed by atoms with Crippen LogP contribution in [0.2, 0.25) is 0 Å². The second-order valence-corrected chi connectivity index (χ2v) is 10.5. The van der Waals surface area contributed by atoms with E-state index < -0.39 is 0 Å². The number of likely N-dealkylation sites (N-methyl/N-ethyl adjacent to an activating group) is 1. The summed E-state index contributed by atoms with van der Waals surface area (Å²) in [6, 6.07) is 9.07. The lowest BCUT2D eigenvalue weighted by Gasteiger charge is -2.20. The lowest BCUT2D eigenvalue weighted by molar-refractivity contribution is -0.120. The molecule has 0 aromatic heterocycles. The van der Waals surface area contributed by atoms with E-state index in [2.05, 4.69) is 22.6 Å². The minimum absolute atomic E-state index is 0.0193. The molecular formula is C21H29N7O2S2. The van der Waals surface area contributed by atoms with Crippen LogP contribution in [0.4, 0.5) is 0 Å². The molecule has 1 aromatic carbocycles. The summed E-state index contributed by atoms with van der Waals surface area (Å²) in [4.78, 5) is 17.4. The smallest absolute Gasteiger partial charge is 0.222 e. The third kappa shape index (κ3) is 8.39. The highest BCUT2D eigenvalue weighted by Gasteiger charge is 2.32. The first kappa shape index (κ1) is 25.5. The first-order chi connectivity index (χ1) is 15.3. The maximum atomic E-state index is 12.1. The molecule has 1 aliphatic heterocycles. The molecule has 0 atom stereocenters. The van der Waals surface area contributed by atoms with Gasteiger partial charge in [-0.2, -0.15) is 5.53 Å². The highest BCUT2D eigenvalue weighted by atomic mass is 32.2. The summed E-state index contributed by atoms with van der Waals surface area (Å²) in [6.45, 7) is 2.56. The third-order valence-electron chi connectivity index (χ3n) is 4.38. The Kier molecular flexibility index (Phi) is 10.3. The van der Waals surface area contributed by atoms with E-state index in [1.807, 2.05) is 41.7 Å². The summed E-state index contributed by atoms with van der Waals surface area (Å²) >= 11 is 3.67. The van der Waals surface area contributed by atoms with Crippen molar-refractivity contribution in [3.8, 4) is 0 Å². The van der Waals surface area contributed by atoms with E-state index >= 15 is 0 Å². The standard InChI is InChI=1S/C21H29N7O2S2/c1-21(31-12-13-32-21)14-18(29)25-11-7-6-10-17(22)15-30-26-19(20(23)28(2)27-24)16-8-4-3-5-9-16/h3-10,23-24H,11-15,22H2,1-2H3,(H,25,29)/b7-6-,17-10-,23-20?,26-19-,27-24?. The molecule has 0 saturated carbocycles. The van der Waals surface area contributed by atoms with Crippen LogP contribution in [0.3, 0.4) is 0 Å². The van der Waals surface area contributed by atoms with Crippen LogP contribution in [-0.2, 0) is 9.63 Å². The zero-order chi connectivity index (χ0) is 23.4. The van der Waals surface area contributed by atoms with Crippen LogP contribution in [0.25, 0.3) is 0 Å². The van der Waals surface area contributed by atoms with Crippen LogP contribution < -0.4 is 11.1 Å². The monoisotopic (exact) mass is 475 g/mol. The van der Waals surface area contributed by atoms with E-state index in [1.165, 1.54) is 7.05 Å². The lowest BCUT2D eigenvalue weighted by atomic mass is 10.1. The molecule has 172 valence electrons. The van der Waals surface area contributed by atoms with Crippen molar-refractivity contribution < 1.29 is 9.63 Å². The first-order valence-electron chi connectivity index (χ1n) is 9.96. The van der Waals surface area contributed by atoms with Gasteiger partial charge in [0.2, 0.25) is 5.91 Å². The maximum Gasteiger partial charge on any atom is 0.222 e. The summed E-state index contributed by atoms with van der Waals surface area (Å²) in [7, 11) is 1.48. The number of nitrogens with zero attached hydrogens (tertiary/aromatic N) is 3. The Morgan fingerprint density at radius 2 is 2.03 bits per heavy atom. The zero-order valence-corrected chi connectivity index (χ0v) is 19.8. The fraction of sp³-hybridized carbons (Fsp3) is 0.381. The maximum absolute atomic E-state index is 12.1. The van der Waals surface area contributed by atoms with Gasteiger partial charge in [0.25, 0.3) is 0 Å². The first-order valence-corrected chi connectivity index (χ1v) is 11.9. The van der Waals surface area contributed by atoms with E-state index in [-0.39, 0.29) is 28.1 Å². The average Bonchev–Trinajstić information content (AvgIpc) is 3.21. The topological polar surface area (TPSA) is 140 Å². The van der Waals surface area contributed by atoms with Gasteiger partial charge in [-0.05, 0) is 13.0 Å². The number of nitrogens with one attached hydrogen (secondary N) is 3. The molecule has 1 amide bonds. The third-order valence-corrected chi connectivity index (χ3v) is 7.67. The van der Waals surface area contributed by atoms with Gasteiger partial charge in [-0.25, -0.2) is 5.01 Å². The van der Waals surface area contributed by atoms with E-state index in [1.54, 1.807) is 30.4 Å². The van der Waals surface area contributed by atoms with Crippen LogP contribution >= 0.6 is 23.5 Å². The second kappa shape index (κ2) is 12.9. The normalized spacial score (nSPS) is 16.1. The molecule has 1 saturated heterocycles. The highest BCUT2D eigenvalue weighted by Crippen LogP contribution is 2.45. The van der Waals surface area contributed by atoms with Gasteiger partial charge >= 0.3 is 0 Å². The second-order valence-electron chi connectivity index (χ2n) is 7.03. The zero-order valence-electron chi connectivity index (χ0n) is 18.2. The summed E-state index contributed by atoms with van der Waals surface area (Å²) in [5.74, 6) is 2.14. The molecule has 1 heterocycles. The molecule has 0 radical (unpaired) electrons. The molecule has 11 heteroatoms. The number of nitrogens with two attached hydrogens (primary N) is 1. The van der Waals surface area contributed by atoms with Gasteiger partial charge in [-0.15, -0.1) is 23.5 Å². The summed E-state index contributed by atoms with van der Waals surface area (Å²) < 4.78 is -0.0193. The molecular weight excluding hydrogens is 446 g/mol. The van der Waals surface area contributed by atoms with Gasteiger partial charge < -0.3 is 15.9 Å². The van der Waals surface area contributed by atoms with Gasteiger partial charge in [0.05, 0.1) is 10.5 Å². The molecule has 1 fully saturated rings. The van der Waals surface area contributed by atoms with Crippen LogP contribution in [0.15, 0.2) is 64.6 Å². The van der Waals surface area contributed by atoms with Gasteiger partial charge in [0.1, 0.15) is 0 Å². The fourth-order valence-electron chi connectivity index (χ4n) is 2.70. The quantitative estimate of drug-likeness (QED) is 0.127. The minimum atomic E-state index is -0.0762.